The van der Waals surface area contributed by atoms with Crippen LogP contribution in [0, 0.1) is 0 Å². The van der Waals surface area contributed by atoms with Gasteiger partial charge in [-0.15, -0.1) is 0 Å². The molecule has 0 saturated carbocycles. The van der Waals surface area contributed by atoms with Gasteiger partial charge in [0.25, 0.3) is 0 Å². The number of nitrogens with zero attached hydrogens (tertiary/aromatic N) is 1. The number of halogens is 4. The lowest BCUT2D eigenvalue weighted by atomic mass is 9.98. The fourth-order valence-corrected chi connectivity index (χ4v) is 3.08. The molecular formula is C15H12BrF3N2O. The highest BCUT2D eigenvalue weighted by atomic mass is 79.9. The third-order valence-corrected chi connectivity index (χ3v) is 4.14. The fraction of sp³-hybridized carbons (Fsp3) is 0.267. The molecule has 7 heteroatoms. The van der Waals surface area contributed by atoms with Crippen LogP contribution in [0.3, 0.4) is 0 Å². The smallest absolute Gasteiger partial charge is 0.288 e. The van der Waals surface area contributed by atoms with Crippen molar-refractivity contribution in [3.63, 3.8) is 0 Å². The molecule has 1 aliphatic rings. The van der Waals surface area contributed by atoms with Crippen LogP contribution in [0.1, 0.15) is 18.0 Å². The predicted molar refractivity (Wildman–Crippen MR) is 79.9 cm³/mol. The summed E-state index contributed by atoms with van der Waals surface area (Å²) < 4.78 is 41.5. The van der Waals surface area contributed by atoms with Crippen molar-refractivity contribution in [2.45, 2.75) is 18.6 Å². The summed E-state index contributed by atoms with van der Waals surface area (Å²) in [4.78, 5) is 11.3. The van der Waals surface area contributed by atoms with E-state index in [1.165, 1.54) is 6.07 Å². The Morgan fingerprint density at radius 3 is 2.64 bits per heavy atom. The van der Waals surface area contributed by atoms with Gasteiger partial charge in [-0.3, -0.25) is 10.2 Å². The number of hydrogen-bond acceptors (Lipinski definition) is 2. The molecule has 0 bridgehead atoms. The number of carbonyl (C=O) groups excluding carboxylic acids is 1. The van der Waals surface area contributed by atoms with Crippen LogP contribution in [0.15, 0.2) is 40.9 Å². The van der Waals surface area contributed by atoms with Crippen LogP contribution in [0.25, 0.3) is 10.8 Å². The van der Waals surface area contributed by atoms with Crippen molar-refractivity contribution in [1.29, 1.82) is 0 Å². The van der Waals surface area contributed by atoms with Crippen LogP contribution in [0.5, 0.6) is 0 Å². The number of hydrazine groups is 1. The molecule has 1 atom stereocenters. The second-order valence-electron chi connectivity index (χ2n) is 5.14. The zero-order valence-corrected chi connectivity index (χ0v) is 12.9. The average Bonchev–Trinajstić information content (AvgIpc) is 2.84. The van der Waals surface area contributed by atoms with Crippen molar-refractivity contribution < 1.29 is 18.0 Å². The quantitative estimate of drug-likeness (QED) is 0.865. The number of hydrogen-bond donors (Lipinski definition) is 1. The van der Waals surface area contributed by atoms with Crippen LogP contribution in [-0.4, -0.2) is 23.6 Å². The van der Waals surface area contributed by atoms with Crippen LogP contribution in [-0.2, 0) is 4.79 Å². The SMILES string of the molecule is O=C1CCN([C@@H](c2cccc3ccc(Br)cc23)C(F)(F)F)N1. The first kappa shape index (κ1) is 15.3. The minimum Gasteiger partial charge on any atom is -0.288 e. The molecule has 1 heterocycles. The first-order chi connectivity index (χ1) is 10.4. The van der Waals surface area contributed by atoms with E-state index in [1.54, 1.807) is 30.3 Å². The van der Waals surface area contributed by atoms with Gasteiger partial charge in [0.05, 0.1) is 0 Å². The van der Waals surface area contributed by atoms with Crippen molar-refractivity contribution in [3.05, 3.63) is 46.4 Å². The van der Waals surface area contributed by atoms with E-state index in [0.717, 1.165) is 10.4 Å². The van der Waals surface area contributed by atoms with Gasteiger partial charge in [0.2, 0.25) is 5.91 Å². The number of carbonyl (C=O) groups is 1. The van der Waals surface area contributed by atoms with Crippen molar-refractivity contribution in [1.82, 2.24) is 10.4 Å². The monoisotopic (exact) mass is 372 g/mol. The molecule has 1 N–H and O–H groups in total. The molecule has 0 radical (unpaired) electrons. The van der Waals surface area contributed by atoms with E-state index in [4.69, 9.17) is 0 Å². The summed E-state index contributed by atoms with van der Waals surface area (Å²) in [6.07, 6.45) is -4.42. The molecule has 0 aliphatic carbocycles. The maximum absolute atomic E-state index is 13.6. The lowest BCUT2D eigenvalue weighted by Crippen LogP contribution is -2.43. The minimum atomic E-state index is -4.49. The number of fused-ring (bicyclic) bond motifs is 1. The first-order valence-electron chi connectivity index (χ1n) is 6.67. The van der Waals surface area contributed by atoms with Crippen LogP contribution in [0.2, 0.25) is 0 Å². The molecule has 2 aromatic rings. The van der Waals surface area contributed by atoms with Crippen LogP contribution in [0.4, 0.5) is 13.2 Å². The van der Waals surface area contributed by atoms with Gasteiger partial charge in [-0.25, -0.2) is 5.01 Å². The van der Waals surface area contributed by atoms with Crippen molar-refractivity contribution >= 4 is 32.6 Å². The highest BCUT2D eigenvalue weighted by molar-refractivity contribution is 9.10. The molecular weight excluding hydrogens is 361 g/mol. The third kappa shape index (κ3) is 2.83. The Morgan fingerprint density at radius 2 is 2.00 bits per heavy atom. The van der Waals surface area contributed by atoms with Gasteiger partial charge in [-0.1, -0.05) is 40.2 Å². The average molecular weight is 373 g/mol. The fourth-order valence-electron chi connectivity index (χ4n) is 2.72. The summed E-state index contributed by atoms with van der Waals surface area (Å²) in [6.45, 7) is 0.0351. The molecule has 0 spiro atoms. The largest absolute Gasteiger partial charge is 0.409 e. The van der Waals surface area contributed by atoms with E-state index in [0.29, 0.717) is 9.86 Å². The van der Waals surface area contributed by atoms with E-state index in [2.05, 4.69) is 21.4 Å². The molecule has 1 saturated heterocycles. The summed E-state index contributed by atoms with van der Waals surface area (Å²) in [5.74, 6) is -0.393. The molecule has 3 rings (SSSR count). The Kier molecular flexibility index (Phi) is 3.86. The minimum absolute atomic E-state index is 0.0351. The number of benzene rings is 2. The topological polar surface area (TPSA) is 32.3 Å². The third-order valence-electron chi connectivity index (χ3n) is 3.64. The Balaban J connectivity index is 2.16. The summed E-state index contributed by atoms with van der Waals surface area (Å²) >= 11 is 3.29. The predicted octanol–water partition coefficient (Wildman–Crippen LogP) is 3.94. The number of alkyl halides is 3. The highest BCUT2D eigenvalue weighted by Gasteiger charge is 2.47. The van der Waals surface area contributed by atoms with E-state index in [-0.39, 0.29) is 18.5 Å². The van der Waals surface area contributed by atoms with Gasteiger partial charge < -0.3 is 0 Å². The molecule has 1 aliphatic heterocycles. The second kappa shape index (κ2) is 5.55. The number of nitrogens with one attached hydrogen (secondary N) is 1. The van der Waals surface area contributed by atoms with Crippen LogP contribution < -0.4 is 5.43 Å². The van der Waals surface area contributed by atoms with Crippen molar-refractivity contribution in [3.8, 4) is 0 Å². The van der Waals surface area contributed by atoms with Crippen molar-refractivity contribution in [2.24, 2.45) is 0 Å². The molecule has 1 amide bonds. The highest BCUT2D eigenvalue weighted by Crippen LogP contribution is 2.41. The maximum atomic E-state index is 13.6. The van der Waals surface area contributed by atoms with Gasteiger partial charge in [-0.05, 0) is 28.5 Å². The zero-order chi connectivity index (χ0) is 15.9. The lowest BCUT2D eigenvalue weighted by Gasteiger charge is -2.30. The Labute approximate surface area is 133 Å². The van der Waals surface area contributed by atoms with Crippen molar-refractivity contribution in [2.75, 3.05) is 6.54 Å². The summed E-state index contributed by atoms with van der Waals surface area (Å²) in [5.41, 5.74) is 2.43. The molecule has 0 aromatic heterocycles. The molecule has 1 fully saturated rings. The molecule has 2 aromatic carbocycles. The van der Waals surface area contributed by atoms with Gasteiger partial charge in [0.1, 0.15) is 0 Å². The lowest BCUT2D eigenvalue weighted by molar-refractivity contribution is -0.190. The van der Waals surface area contributed by atoms with E-state index >= 15 is 0 Å². The van der Waals surface area contributed by atoms with Crippen LogP contribution >= 0.6 is 15.9 Å². The Hall–Kier alpha value is -1.60. The Morgan fingerprint density at radius 1 is 1.23 bits per heavy atom. The summed E-state index contributed by atoms with van der Waals surface area (Å²) in [6, 6.07) is 8.17. The zero-order valence-electron chi connectivity index (χ0n) is 11.3. The van der Waals surface area contributed by atoms with E-state index in [9.17, 15) is 18.0 Å². The molecule has 0 unspecified atom stereocenters. The molecule has 3 nitrogen and oxygen atoms in total. The summed E-state index contributed by atoms with van der Waals surface area (Å²) in [5, 5.41) is 2.21. The van der Waals surface area contributed by atoms with Gasteiger partial charge >= 0.3 is 6.18 Å². The maximum Gasteiger partial charge on any atom is 0.409 e. The number of rotatable bonds is 2. The van der Waals surface area contributed by atoms with Gasteiger partial charge in [0.15, 0.2) is 6.04 Å². The van der Waals surface area contributed by atoms with Gasteiger partial charge in [0, 0.05) is 17.4 Å². The normalized spacial score (nSPS) is 17.7. The van der Waals surface area contributed by atoms with Gasteiger partial charge in [-0.2, -0.15) is 13.2 Å². The van der Waals surface area contributed by atoms with E-state index < -0.39 is 18.1 Å². The summed E-state index contributed by atoms with van der Waals surface area (Å²) in [7, 11) is 0. The van der Waals surface area contributed by atoms with E-state index in [1.807, 2.05) is 0 Å². The standard InChI is InChI=1S/C15H12BrF3N2O/c16-10-5-4-9-2-1-3-11(12(9)8-10)14(15(17,18)19)21-7-6-13(22)20-21/h1-5,8,14H,6-7H2,(H,20,22)/t14-/m0/s1. The Bertz CT molecular complexity index is 732. The molecule has 22 heavy (non-hydrogen) atoms. The second-order valence-corrected chi connectivity index (χ2v) is 6.05. The number of amides is 1. The molecule has 116 valence electrons. The first-order valence-corrected chi connectivity index (χ1v) is 7.46.